The molecule has 0 radical (unpaired) electrons. The number of rotatable bonds is 16. The van der Waals surface area contributed by atoms with E-state index in [1.54, 1.807) is 12.1 Å². The zero-order valence-electron chi connectivity index (χ0n) is 30.0. The SMILES string of the molecule is CN(CCCCCCCCCNCC(O)c1ccc(O)c2[nH]c(=O)ccc12)C1CCC(OC(=O)C2(C)c3ccccc3Oc3ccccc32)CC1. The molecule has 1 fully saturated rings. The van der Waals surface area contributed by atoms with Crippen LogP contribution in [-0.4, -0.2) is 64.9 Å². The standard InChI is InChI=1S/C42H53N3O6/c1-42(33-14-8-10-16-37(33)51-38-17-11-9-15-34(38)42)41(49)50-30-20-18-29(19-21-30)45(2)27-13-7-5-3-4-6-12-26-43-28-36(47)31-22-24-35(46)40-32(31)23-25-39(48)44-40/h8-11,14-17,22-25,29-30,36,43,46-47H,3-7,12-13,18-21,26-28H2,1-2H3,(H,44,48). The van der Waals surface area contributed by atoms with Crippen molar-refractivity contribution in [3.8, 4) is 17.2 Å². The van der Waals surface area contributed by atoms with Gasteiger partial charge in [-0.2, -0.15) is 0 Å². The minimum absolute atomic E-state index is 0.00213. The first kappa shape index (κ1) is 36.6. The Bertz CT molecular complexity index is 1790. The van der Waals surface area contributed by atoms with Gasteiger partial charge in [-0.25, -0.2) is 0 Å². The van der Waals surface area contributed by atoms with Gasteiger partial charge in [-0.3, -0.25) is 9.59 Å². The molecule has 4 aromatic rings. The van der Waals surface area contributed by atoms with Gasteiger partial charge in [-0.1, -0.05) is 74.6 Å². The summed E-state index contributed by atoms with van der Waals surface area (Å²) in [7, 11) is 2.24. The molecule has 9 heteroatoms. The van der Waals surface area contributed by atoms with Crippen molar-refractivity contribution in [2.45, 2.75) is 101 Å². The number of hydrogen-bond donors (Lipinski definition) is 4. The molecule has 1 aromatic heterocycles. The summed E-state index contributed by atoms with van der Waals surface area (Å²) >= 11 is 0. The Morgan fingerprint density at radius 1 is 0.902 bits per heavy atom. The molecule has 0 saturated heterocycles. The Morgan fingerprint density at radius 2 is 1.53 bits per heavy atom. The summed E-state index contributed by atoms with van der Waals surface area (Å²) in [6.07, 6.45) is 11.4. The summed E-state index contributed by atoms with van der Waals surface area (Å²) in [5.74, 6) is 1.23. The average molecular weight is 696 g/mol. The average Bonchev–Trinajstić information content (AvgIpc) is 3.14. The third kappa shape index (κ3) is 8.49. The van der Waals surface area contributed by atoms with Crippen LogP contribution in [0.4, 0.5) is 0 Å². The largest absolute Gasteiger partial charge is 0.506 e. The number of aromatic amines is 1. The number of benzene rings is 3. The summed E-state index contributed by atoms with van der Waals surface area (Å²) in [4.78, 5) is 30.6. The molecule has 1 unspecified atom stereocenters. The summed E-state index contributed by atoms with van der Waals surface area (Å²) in [5.41, 5.74) is 1.56. The quantitative estimate of drug-likeness (QED) is 0.0703. The number of carbonyl (C=O) groups is 1. The van der Waals surface area contributed by atoms with Gasteiger partial charge < -0.3 is 34.9 Å². The van der Waals surface area contributed by atoms with E-state index in [1.165, 1.54) is 44.2 Å². The maximum atomic E-state index is 13.9. The fourth-order valence-electron chi connectivity index (χ4n) is 7.87. The number of pyridine rings is 1. The van der Waals surface area contributed by atoms with Gasteiger partial charge in [0.25, 0.3) is 0 Å². The van der Waals surface area contributed by atoms with E-state index in [-0.39, 0.29) is 23.4 Å². The molecule has 1 aliphatic heterocycles. The number of aromatic hydroxyl groups is 1. The second-order valence-corrected chi connectivity index (χ2v) is 14.5. The number of carbonyl (C=O) groups excluding carboxylic acids is 1. The summed E-state index contributed by atoms with van der Waals surface area (Å²) in [6.45, 7) is 4.32. The molecule has 0 bridgehead atoms. The number of fused-ring (bicyclic) bond motifs is 3. The van der Waals surface area contributed by atoms with E-state index in [0.717, 1.165) is 62.7 Å². The summed E-state index contributed by atoms with van der Waals surface area (Å²) < 4.78 is 12.4. The second kappa shape index (κ2) is 16.9. The molecule has 9 nitrogen and oxygen atoms in total. The molecule has 1 aliphatic carbocycles. The molecular weight excluding hydrogens is 642 g/mol. The van der Waals surface area contributed by atoms with Gasteiger partial charge in [-0.05, 0) is 95.4 Å². The highest BCUT2D eigenvalue weighted by Gasteiger charge is 2.46. The highest BCUT2D eigenvalue weighted by molar-refractivity contribution is 5.90. The van der Waals surface area contributed by atoms with E-state index < -0.39 is 11.5 Å². The van der Waals surface area contributed by atoms with Crippen LogP contribution in [-0.2, 0) is 14.9 Å². The van der Waals surface area contributed by atoms with Crippen LogP contribution < -0.4 is 15.6 Å². The Balaban J connectivity index is 0.825. The first-order chi connectivity index (χ1) is 24.8. The minimum atomic E-state index is -0.907. The number of ether oxygens (including phenoxy) is 2. The molecule has 3 aromatic carbocycles. The zero-order chi connectivity index (χ0) is 35.8. The lowest BCUT2D eigenvalue weighted by Gasteiger charge is -2.38. The number of phenols is 1. The van der Waals surface area contributed by atoms with Crippen molar-refractivity contribution in [3.05, 3.63) is 99.8 Å². The number of nitrogens with zero attached hydrogens (tertiary/aromatic N) is 1. The van der Waals surface area contributed by atoms with Crippen molar-refractivity contribution in [2.75, 3.05) is 26.7 Å². The van der Waals surface area contributed by atoms with Crippen LogP contribution in [0.2, 0.25) is 0 Å². The van der Waals surface area contributed by atoms with Crippen LogP contribution in [0.1, 0.15) is 100 Å². The van der Waals surface area contributed by atoms with Crippen molar-refractivity contribution in [3.63, 3.8) is 0 Å². The lowest BCUT2D eigenvalue weighted by molar-refractivity contribution is -0.156. The molecule has 2 aliphatic rings. The van der Waals surface area contributed by atoms with Crippen LogP contribution in [0.25, 0.3) is 10.9 Å². The number of phenolic OH excluding ortho intramolecular Hbond substituents is 1. The van der Waals surface area contributed by atoms with Crippen LogP contribution in [0, 0.1) is 0 Å². The topological polar surface area (TPSA) is 124 Å². The Hall–Kier alpha value is -4.18. The van der Waals surface area contributed by atoms with Crippen LogP contribution in [0.3, 0.4) is 0 Å². The monoisotopic (exact) mass is 695 g/mol. The van der Waals surface area contributed by atoms with Gasteiger partial charge in [0, 0.05) is 35.2 Å². The maximum Gasteiger partial charge on any atom is 0.321 e. The van der Waals surface area contributed by atoms with Crippen molar-refractivity contribution < 1.29 is 24.5 Å². The van der Waals surface area contributed by atoms with E-state index in [1.807, 2.05) is 55.5 Å². The van der Waals surface area contributed by atoms with Crippen LogP contribution >= 0.6 is 0 Å². The number of esters is 1. The lowest BCUT2D eigenvalue weighted by atomic mass is 9.74. The first-order valence-corrected chi connectivity index (χ1v) is 18.8. The third-order valence-electron chi connectivity index (χ3n) is 11.0. The highest BCUT2D eigenvalue weighted by atomic mass is 16.5. The highest BCUT2D eigenvalue weighted by Crippen LogP contribution is 2.48. The molecule has 0 spiro atoms. The normalized spacial score (nSPS) is 18.5. The number of aromatic nitrogens is 1. The van der Waals surface area contributed by atoms with Crippen molar-refractivity contribution in [2.24, 2.45) is 0 Å². The molecule has 6 rings (SSSR count). The van der Waals surface area contributed by atoms with E-state index in [9.17, 15) is 19.8 Å². The second-order valence-electron chi connectivity index (χ2n) is 14.5. The number of unbranched alkanes of at least 4 members (excludes halogenated alkanes) is 6. The molecule has 51 heavy (non-hydrogen) atoms. The predicted octanol–water partition coefficient (Wildman–Crippen LogP) is 7.49. The number of H-pyrrole nitrogens is 1. The van der Waals surface area contributed by atoms with Gasteiger partial charge in [0.05, 0.1) is 11.6 Å². The minimum Gasteiger partial charge on any atom is -0.506 e. The zero-order valence-corrected chi connectivity index (χ0v) is 30.0. The number of nitrogens with one attached hydrogen (secondary N) is 2. The number of aliphatic hydroxyl groups excluding tert-OH is 1. The number of para-hydroxylation sites is 2. The smallest absolute Gasteiger partial charge is 0.321 e. The van der Waals surface area contributed by atoms with Gasteiger partial charge >= 0.3 is 5.97 Å². The first-order valence-electron chi connectivity index (χ1n) is 18.8. The van der Waals surface area contributed by atoms with E-state index in [2.05, 4.69) is 22.2 Å². The van der Waals surface area contributed by atoms with E-state index in [4.69, 9.17) is 9.47 Å². The molecule has 1 saturated carbocycles. The number of aliphatic hydroxyl groups is 1. The van der Waals surface area contributed by atoms with Crippen molar-refractivity contribution >= 4 is 16.9 Å². The maximum absolute atomic E-state index is 13.9. The Morgan fingerprint density at radius 3 is 2.22 bits per heavy atom. The van der Waals surface area contributed by atoms with Crippen molar-refractivity contribution in [1.29, 1.82) is 0 Å². The Labute approximate surface area is 301 Å². The van der Waals surface area contributed by atoms with E-state index in [0.29, 0.717) is 40.6 Å². The molecule has 272 valence electrons. The molecule has 4 N–H and O–H groups in total. The number of hydrogen-bond acceptors (Lipinski definition) is 8. The fraction of sp³-hybridized carbons (Fsp3) is 0.476. The van der Waals surface area contributed by atoms with Gasteiger partial charge in [0.15, 0.2) is 0 Å². The lowest BCUT2D eigenvalue weighted by Crippen LogP contribution is -2.42. The van der Waals surface area contributed by atoms with E-state index >= 15 is 0 Å². The molecule has 2 heterocycles. The summed E-state index contributed by atoms with van der Waals surface area (Å²) in [5, 5.41) is 24.8. The Kier molecular flexibility index (Phi) is 12.1. The van der Waals surface area contributed by atoms with Crippen LogP contribution in [0.5, 0.6) is 17.2 Å². The summed E-state index contributed by atoms with van der Waals surface area (Å²) in [6, 6.07) is 22.4. The van der Waals surface area contributed by atoms with Gasteiger partial charge in [0.2, 0.25) is 5.56 Å². The van der Waals surface area contributed by atoms with Crippen molar-refractivity contribution in [1.82, 2.24) is 15.2 Å². The molecular formula is C42H53N3O6. The fourth-order valence-corrected chi connectivity index (χ4v) is 7.87. The molecule has 0 amide bonds. The third-order valence-corrected chi connectivity index (χ3v) is 11.0. The van der Waals surface area contributed by atoms with Crippen LogP contribution in [0.15, 0.2) is 77.6 Å². The van der Waals surface area contributed by atoms with Gasteiger partial charge in [0.1, 0.15) is 28.8 Å². The van der Waals surface area contributed by atoms with Gasteiger partial charge in [-0.15, -0.1) is 0 Å². The predicted molar refractivity (Wildman–Crippen MR) is 201 cm³/mol. The molecule has 1 atom stereocenters.